The van der Waals surface area contributed by atoms with E-state index in [1.807, 2.05) is 0 Å². The fourth-order valence-electron chi connectivity index (χ4n) is 3.85. The lowest BCUT2D eigenvalue weighted by Crippen LogP contribution is -2.23. The number of hydrogen-bond donors (Lipinski definition) is 2. The van der Waals surface area contributed by atoms with Crippen molar-refractivity contribution in [2.75, 3.05) is 0 Å². The third kappa shape index (κ3) is 10.3. The van der Waals surface area contributed by atoms with Gasteiger partial charge in [-0.15, -0.1) is 0 Å². The molecule has 0 amide bonds. The maximum atomic E-state index is 11.2. The third-order valence-electron chi connectivity index (χ3n) is 6.59. The summed E-state index contributed by atoms with van der Waals surface area (Å²) in [5, 5.41) is 18.4. The molecule has 2 N–H and O–H groups in total. The van der Waals surface area contributed by atoms with Gasteiger partial charge in [0, 0.05) is 0 Å². The Morgan fingerprint density at radius 3 is 1.65 bits per heavy atom. The first kappa shape index (κ1) is 27.2. The summed E-state index contributed by atoms with van der Waals surface area (Å²) in [6, 6.07) is 6.83. The SMILES string of the molecule is Cc1ccc(CCCCCCC(C)(C)C(=O)O)cc1CCCCCCC(C)(C)C(=O)O. The van der Waals surface area contributed by atoms with Gasteiger partial charge in [0.05, 0.1) is 10.8 Å². The highest BCUT2D eigenvalue weighted by molar-refractivity contribution is 5.73. The van der Waals surface area contributed by atoms with E-state index in [-0.39, 0.29) is 0 Å². The highest BCUT2D eigenvalue weighted by Gasteiger charge is 2.26. The van der Waals surface area contributed by atoms with Crippen LogP contribution in [0.2, 0.25) is 0 Å². The van der Waals surface area contributed by atoms with Crippen LogP contribution in [-0.2, 0) is 22.4 Å². The normalized spacial score (nSPS) is 12.2. The van der Waals surface area contributed by atoms with E-state index in [1.165, 1.54) is 16.7 Å². The molecule has 0 heterocycles. The molecule has 0 saturated carbocycles. The Bertz CT molecular complexity index is 703. The average molecular weight is 433 g/mol. The first-order valence-electron chi connectivity index (χ1n) is 12.0. The summed E-state index contributed by atoms with van der Waals surface area (Å²) >= 11 is 0. The molecule has 0 aliphatic rings. The number of carbonyl (C=O) groups is 2. The van der Waals surface area contributed by atoms with E-state index in [4.69, 9.17) is 0 Å². The topological polar surface area (TPSA) is 74.6 Å². The number of aryl methyl sites for hydroxylation is 3. The fourth-order valence-corrected chi connectivity index (χ4v) is 3.85. The zero-order chi connectivity index (χ0) is 23.5. The van der Waals surface area contributed by atoms with Crippen molar-refractivity contribution >= 4 is 11.9 Å². The van der Waals surface area contributed by atoms with Crippen molar-refractivity contribution in [3.05, 3.63) is 34.9 Å². The van der Waals surface area contributed by atoms with Gasteiger partial charge in [0.1, 0.15) is 0 Å². The average Bonchev–Trinajstić information content (AvgIpc) is 2.68. The number of hydrogen-bond acceptors (Lipinski definition) is 2. The van der Waals surface area contributed by atoms with Crippen LogP contribution in [0.25, 0.3) is 0 Å². The maximum Gasteiger partial charge on any atom is 0.309 e. The Balaban J connectivity index is 2.29. The predicted octanol–water partition coefficient (Wildman–Crippen LogP) is 7.20. The van der Waals surface area contributed by atoms with Gasteiger partial charge in [-0.3, -0.25) is 9.59 Å². The lowest BCUT2D eigenvalue weighted by molar-refractivity contribution is -0.148. The van der Waals surface area contributed by atoms with Gasteiger partial charge in [-0.2, -0.15) is 0 Å². The molecule has 4 nitrogen and oxygen atoms in total. The Morgan fingerprint density at radius 2 is 1.16 bits per heavy atom. The van der Waals surface area contributed by atoms with Crippen molar-refractivity contribution in [3.8, 4) is 0 Å². The van der Waals surface area contributed by atoms with Crippen molar-refractivity contribution in [2.24, 2.45) is 10.8 Å². The molecule has 0 fully saturated rings. The molecule has 0 unspecified atom stereocenters. The molecular formula is C27H44O4. The first-order chi connectivity index (χ1) is 14.5. The summed E-state index contributed by atoms with van der Waals surface area (Å²) in [4.78, 5) is 22.3. The van der Waals surface area contributed by atoms with Crippen molar-refractivity contribution in [1.29, 1.82) is 0 Å². The van der Waals surface area contributed by atoms with Crippen LogP contribution in [0.1, 0.15) is 109 Å². The zero-order valence-corrected chi connectivity index (χ0v) is 20.4. The molecule has 0 saturated heterocycles. The summed E-state index contributed by atoms with van der Waals surface area (Å²) in [5.74, 6) is -1.41. The molecule has 0 spiro atoms. The second-order valence-electron chi connectivity index (χ2n) is 10.5. The molecular weight excluding hydrogens is 388 g/mol. The molecule has 0 radical (unpaired) electrons. The molecule has 0 aliphatic carbocycles. The van der Waals surface area contributed by atoms with Crippen LogP contribution >= 0.6 is 0 Å². The molecule has 0 atom stereocenters. The van der Waals surface area contributed by atoms with Crippen molar-refractivity contribution in [3.63, 3.8) is 0 Å². The van der Waals surface area contributed by atoms with Crippen LogP contribution in [-0.4, -0.2) is 22.2 Å². The number of unbranched alkanes of at least 4 members (excludes halogenated alkanes) is 6. The number of benzene rings is 1. The number of aliphatic carboxylic acids is 2. The third-order valence-corrected chi connectivity index (χ3v) is 6.59. The predicted molar refractivity (Wildman–Crippen MR) is 128 cm³/mol. The molecule has 176 valence electrons. The summed E-state index contributed by atoms with van der Waals surface area (Å²) in [7, 11) is 0. The van der Waals surface area contributed by atoms with E-state index in [9.17, 15) is 19.8 Å². The van der Waals surface area contributed by atoms with Crippen LogP contribution in [0.3, 0.4) is 0 Å². The highest BCUT2D eigenvalue weighted by Crippen LogP contribution is 2.25. The van der Waals surface area contributed by atoms with Crippen molar-refractivity contribution < 1.29 is 19.8 Å². The number of carboxylic acid groups (broad SMARTS) is 2. The lowest BCUT2D eigenvalue weighted by Gasteiger charge is -2.18. The zero-order valence-electron chi connectivity index (χ0n) is 20.4. The Kier molecular flexibility index (Phi) is 11.3. The van der Waals surface area contributed by atoms with Crippen molar-refractivity contribution in [1.82, 2.24) is 0 Å². The quantitative estimate of drug-likeness (QED) is 0.271. The van der Waals surface area contributed by atoms with Crippen LogP contribution in [0, 0.1) is 17.8 Å². The Morgan fingerprint density at radius 1 is 0.710 bits per heavy atom. The second kappa shape index (κ2) is 12.9. The van der Waals surface area contributed by atoms with Crippen molar-refractivity contribution in [2.45, 2.75) is 112 Å². The maximum absolute atomic E-state index is 11.2. The smallest absolute Gasteiger partial charge is 0.309 e. The van der Waals surface area contributed by atoms with Gasteiger partial charge in [0.25, 0.3) is 0 Å². The van der Waals surface area contributed by atoms with Crippen LogP contribution < -0.4 is 0 Å². The minimum absolute atomic E-state index is 0.613. The summed E-state index contributed by atoms with van der Waals surface area (Å²) in [5.41, 5.74) is 2.96. The summed E-state index contributed by atoms with van der Waals surface area (Å²) in [6.45, 7) is 9.40. The van der Waals surface area contributed by atoms with Gasteiger partial charge < -0.3 is 10.2 Å². The van der Waals surface area contributed by atoms with E-state index in [1.54, 1.807) is 27.7 Å². The van der Waals surface area contributed by atoms with Crippen LogP contribution in [0.4, 0.5) is 0 Å². The molecule has 1 rings (SSSR count). The van der Waals surface area contributed by atoms with E-state index in [0.29, 0.717) is 0 Å². The van der Waals surface area contributed by atoms with Crippen LogP contribution in [0.5, 0.6) is 0 Å². The Labute approximate surface area is 189 Å². The monoisotopic (exact) mass is 432 g/mol. The Hall–Kier alpha value is -1.84. The van der Waals surface area contributed by atoms with Gasteiger partial charge in [0.15, 0.2) is 0 Å². The molecule has 0 bridgehead atoms. The molecule has 0 aromatic heterocycles. The summed E-state index contributed by atoms with van der Waals surface area (Å²) < 4.78 is 0. The van der Waals surface area contributed by atoms with Gasteiger partial charge in [-0.25, -0.2) is 0 Å². The van der Waals surface area contributed by atoms with E-state index >= 15 is 0 Å². The standard InChI is InChI=1S/C27H44O4/c1-21-16-17-22(14-10-6-8-12-18-26(2,3)24(28)29)20-23(21)15-11-7-9-13-19-27(4,5)25(30)31/h16-17,20H,6-15,18-19H2,1-5H3,(H,28,29)(H,30,31). The van der Waals surface area contributed by atoms with Gasteiger partial charge >= 0.3 is 11.9 Å². The molecule has 4 heteroatoms. The van der Waals surface area contributed by atoms with E-state index in [2.05, 4.69) is 25.1 Å². The second-order valence-corrected chi connectivity index (χ2v) is 10.5. The molecule has 1 aromatic rings. The minimum Gasteiger partial charge on any atom is -0.481 e. The van der Waals surface area contributed by atoms with Gasteiger partial charge in [-0.1, -0.05) is 56.7 Å². The molecule has 0 aliphatic heterocycles. The van der Waals surface area contributed by atoms with Gasteiger partial charge in [-0.05, 0) is 89.8 Å². The largest absolute Gasteiger partial charge is 0.481 e. The molecule has 31 heavy (non-hydrogen) atoms. The van der Waals surface area contributed by atoms with Gasteiger partial charge in [0.2, 0.25) is 0 Å². The summed E-state index contributed by atoms with van der Waals surface area (Å²) in [6.07, 6.45) is 12.4. The fraction of sp³-hybridized carbons (Fsp3) is 0.704. The van der Waals surface area contributed by atoms with Crippen LogP contribution in [0.15, 0.2) is 18.2 Å². The highest BCUT2D eigenvalue weighted by atomic mass is 16.4. The van der Waals surface area contributed by atoms with E-state index in [0.717, 1.165) is 77.0 Å². The number of carboxylic acids is 2. The first-order valence-corrected chi connectivity index (χ1v) is 12.0. The lowest BCUT2D eigenvalue weighted by atomic mass is 9.87. The minimum atomic E-state index is -0.705. The van der Waals surface area contributed by atoms with E-state index < -0.39 is 22.8 Å². The molecule has 1 aromatic carbocycles. The number of rotatable bonds is 16.